The average molecular weight is 219 g/mol. The van der Waals surface area contributed by atoms with E-state index in [1.165, 1.54) is 24.0 Å². The minimum absolute atomic E-state index is 0.253. The molecular formula is C14H21NO. The van der Waals surface area contributed by atoms with Crippen LogP contribution in [0.25, 0.3) is 0 Å². The first kappa shape index (κ1) is 11.6. The second kappa shape index (κ2) is 4.98. The Bertz CT molecular complexity index is 350. The quantitative estimate of drug-likeness (QED) is 0.814. The third kappa shape index (κ3) is 2.28. The van der Waals surface area contributed by atoms with Gasteiger partial charge in [0, 0.05) is 18.7 Å². The SMILES string of the molecule is CC(CO)C(C)NC1CCc2ccccc21. The van der Waals surface area contributed by atoms with Gasteiger partial charge < -0.3 is 10.4 Å². The molecule has 88 valence electrons. The number of rotatable bonds is 4. The van der Waals surface area contributed by atoms with Gasteiger partial charge in [0.05, 0.1) is 0 Å². The first-order chi connectivity index (χ1) is 7.72. The van der Waals surface area contributed by atoms with Crippen molar-refractivity contribution in [2.45, 2.75) is 38.8 Å². The van der Waals surface area contributed by atoms with Crippen LogP contribution in [0.15, 0.2) is 24.3 Å². The van der Waals surface area contributed by atoms with E-state index >= 15 is 0 Å². The molecule has 0 bridgehead atoms. The van der Waals surface area contributed by atoms with E-state index in [9.17, 15) is 0 Å². The minimum atomic E-state index is 0.253. The summed E-state index contributed by atoms with van der Waals surface area (Å²) in [6.07, 6.45) is 2.36. The standard InChI is InChI=1S/C14H21NO/c1-10(9-16)11(2)15-14-8-7-12-5-3-4-6-13(12)14/h3-6,10-11,14-16H,7-9H2,1-2H3. The maximum atomic E-state index is 9.13. The molecule has 2 nitrogen and oxygen atoms in total. The van der Waals surface area contributed by atoms with Gasteiger partial charge in [-0.1, -0.05) is 31.2 Å². The summed E-state index contributed by atoms with van der Waals surface area (Å²) >= 11 is 0. The Morgan fingerprint density at radius 1 is 1.38 bits per heavy atom. The molecule has 1 aliphatic carbocycles. The average Bonchev–Trinajstić information content (AvgIpc) is 2.72. The predicted octanol–water partition coefficient (Wildman–Crippen LogP) is 2.28. The molecule has 1 aromatic rings. The van der Waals surface area contributed by atoms with Crippen LogP contribution in [0.4, 0.5) is 0 Å². The Balaban J connectivity index is 2.03. The van der Waals surface area contributed by atoms with Crippen LogP contribution >= 0.6 is 0 Å². The van der Waals surface area contributed by atoms with Gasteiger partial charge in [0.25, 0.3) is 0 Å². The third-order valence-electron chi connectivity index (χ3n) is 3.74. The fourth-order valence-electron chi connectivity index (χ4n) is 2.37. The van der Waals surface area contributed by atoms with Gasteiger partial charge in [0.1, 0.15) is 0 Å². The number of benzene rings is 1. The Morgan fingerprint density at radius 2 is 2.12 bits per heavy atom. The second-order valence-corrected chi connectivity index (χ2v) is 4.91. The molecule has 2 heteroatoms. The number of aliphatic hydroxyl groups excluding tert-OH is 1. The summed E-state index contributed by atoms with van der Waals surface area (Å²) in [5.74, 6) is 0.313. The number of aryl methyl sites for hydroxylation is 1. The van der Waals surface area contributed by atoms with E-state index in [1.54, 1.807) is 0 Å². The van der Waals surface area contributed by atoms with Crippen molar-refractivity contribution >= 4 is 0 Å². The number of nitrogens with one attached hydrogen (secondary N) is 1. The summed E-state index contributed by atoms with van der Waals surface area (Å²) in [5, 5.41) is 12.8. The highest BCUT2D eigenvalue weighted by atomic mass is 16.3. The van der Waals surface area contributed by atoms with Crippen molar-refractivity contribution in [2.24, 2.45) is 5.92 Å². The van der Waals surface area contributed by atoms with Crippen LogP contribution in [0.1, 0.15) is 37.4 Å². The number of hydrogen-bond donors (Lipinski definition) is 2. The van der Waals surface area contributed by atoms with Crippen LogP contribution in [0.2, 0.25) is 0 Å². The molecule has 0 aliphatic heterocycles. The zero-order chi connectivity index (χ0) is 11.5. The summed E-state index contributed by atoms with van der Waals surface area (Å²) in [4.78, 5) is 0. The largest absolute Gasteiger partial charge is 0.396 e. The lowest BCUT2D eigenvalue weighted by molar-refractivity contribution is 0.200. The monoisotopic (exact) mass is 219 g/mol. The smallest absolute Gasteiger partial charge is 0.0471 e. The van der Waals surface area contributed by atoms with Crippen molar-refractivity contribution in [1.82, 2.24) is 5.32 Å². The Labute approximate surface area is 97.7 Å². The fraction of sp³-hybridized carbons (Fsp3) is 0.571. The van der Waals surface area contributed by atoms with Gasteiger partial charge >= 0.3 is 0 Å². The maximum absolute atomic E-state index is 9.13. The third-order valence-corrected chi connectivity index (χ3v) is 3.74. The van der Waals surface area contributed by atoms with Crippen molar-refractivity contribution in [1.29, 1.82) is 0 Å². The molecule has 0 saturated heterocycles. The normalized spacial score (nSPS) is 22.8. The lowest BCUT2D eigenvalue weighted by atomic mass is 10.0. The topological polar surface area (TPSA) is 32.3 Å². The summed E-state index contributed by atoms with van der Waals surface area (Å²) < 4.78 is 0. The fourth-order valence-corrected chi connectivity index (χ4v) is 2.37. The molecular weight excluding hydrogens is 198 g/mol. The molecule has 0 spiro atoms. The molecule has 1 aliphatic rings. The lowest BCUT2D eigenvalue weighted by Gasteiger charge is -2.24. The van der Waals surface area contributed by atoms with E-state index in [4.69, 9.17) is 5.11 Å². The van der Waals surface area contributed by atoms with Crippen molar-refractivity contribution in [3.8, 4) is 0 Å². The Kier molecular flexibility index (Phi) is 3.62. The van der Waals surface area contributed by atoms with Gasteiger partial charge in [-0.25, -0.2) is 0 Å². The maximum Gasteiger partial charge on any atom is 0.0471 e. The van der Waals surface area contributed by atoms with Gasteiger partial charge in [0.2, 0.25) is 0 Å². The van der Waals surface area contributed by atoms with E-state index in [2.05, 4.69) is 43.4 Å². The molecule has 2 N–H and O–H groups in total. The van der Waals surface area contributed by atoms with Crippen molar-refractivity contribution < 1.29 is 5.11 Å². The number of aliphatic hydroxyl groups is 1. The van der Waals surface area contributed by atoms with Gasteiger partial charge in [-0.2, -0.15) is 0 Å². The molecule has 0 fully saturated rings. The highest BCUT2D eigenvalue weighted by molar-refractivity contribution is 5.34. The van der Waals surface area contributed by atoms with E-state index in [1.807, 2.05) is 0 Å². The molecule has 0 saturated carbocycles. The van der Waals surface area contributed by atoms with Crippen molar-refractivity contribution in [2.75, 3.05) is 6.61 Å². The second-order valence-electron chi connectivity index (χ2n) is 4.91. The Morgan fingerprint density at radius 3 is 2.88 bits per heavy atom. The molecule has 0 heterocycles. The van der Waals surface area contributed by atoms with Crippen LogP contribution in [0, 0.1) is 5.92 Å². The molecule has 3 unspecified atom stereocenters. The first-order valence-electron chi connectivity index (χ1n) is 6.17. The van der Waals surface area contributed by atoms with Crippen LogP contribution in [0.3, 0.4) is 0 Å². The van der Waals surface area contributed by atoms with Crippen molar-refractivity contribution in [3.63, 3.8) is 0 Å². The van der Waals surface area contributed by atoms with E-state index in [-0.39, 0.29) is 6.61 Å². The summed E-state index contributed by atoms with van der Waals surface area (Å²) in [7, 11) is 0. The summed E-state index contributed by atoms with van der Waals surface area (Å²) in [5.41, 5.74) is 2.92. The molecule has 0 aromatic heterocycles. The van der Waals surface area contributed by atoms with Crippen LogP contribution in [-0.4, -0.2) is 17.8 Å². The summed E-state index contributed by atoms with van der Waals surface area (Å²) in [6.45, 7) is 4.49. The van der Waals surface area contributed by atoms with E-state index in [0.717, 1.165) is 0 Å². The lowest BCUT2D eigenvalue weighted by Crippen LogP contribution is -2.35. The zero-order valence-electron chi connectivity index (χ0n) is 10.1. The number of hydrogen-bond acceptors (Lipinski definition) is 2. The highest BCUT2D eigenvalue weighted by Crippen LogP contribution is 2.31. The molecule has 0 amide bonds. The van der Waals surface area contributed by atoms with E-state index < -0.39 is 0 Å². The van der Waals surface area contributed by atoms with Crippen LogP contribution < -0.4 is 5.32 Å². The predicted molar refractivity (Wildman–Crippen MR) is 66.4 cm³/mol. The first-order valence-corrected chi connectivity index (χ1v) is 6.17. The number of fused-ring (bicyclic) bond motifs is 1. The molecule has 16 heavy (non-hydrogen) atoms. The highest BCUT2D eigenvalue weighted by Gasteiger charge is 2.24. The molecule has 0 radical (unpaired) electrons. The molecule has 1 aromatic carbocycles. The van der Waals surface area contributed by atoms with Crippen molar-refractivity contribution in [3.05, 3.63) is 35.4 Å². The van der Waals surface area contributed by atoms with Gasteiger partial charge in [0.15, 0.2) is 0 Å². The molecule has 2 rings (SSSR count). The Hall–Kier alpha value is -0.860. The van der Waals surface area contributed by atoms with Crippen LogP contribution in [-0.2, 0) is 6.42 Å². The minimum Gasteiger partial charge on any atom is -0.396 e. The van der Waals surface area contributed by atoms with E-state index in [0.29, 0.717) is 18.0 Å². The molecule has 3 atom stereocenters. The van der Waals surface area contributed by atoms with Gasteiger partial charge in [-0.15, -0.1) is 0 Å². The zero-order valence-corrected chi connectivity index (χ0v) is 10.1. The van der Waals surface area contributed by atoms with Gasteiger partial charge in [-0.05, 0) is 36.8 Å². The van der Waals surface area contributed by atoms with Gasteiger partial charge in [-0.3, -0.25) is 0 Å². The van der Waals surface area contributed by atoms with Crippen LogP contribution in [0.5, 0.6) is 0 Å². The summed E-state index contributed by atoms with van der Waals surface area (Å²) in [6, 6.07) is 9.49.